The second-order valence-electron chi connectivity index (χ2n) is 8.01. The fourth-order valence-electron chi connectivity index (χ4n) is 4.29. The molecule has 0 unspecified atom stereocenters. The number of pyridine rings is 1. The van der Waals surface area contributed by atoms with Crippen LogP contribution in [0.2, 0.25) is 0 Å². The highest BCUT2D eigenvalue weighted by molar-refractivity contribution is 7.89. The summed E-state index contributed by atoms with van der Waals surface area (Å²) in [6, 6.07) is 23.3. The zero-order valence-electron chi connectivity index (χ0n) is 18.0. The third-order valence-electron chi connectivity index (χ3n) is 6.04. The van der Waals surface area contributed by atoms with Gasteiger partial charge < -0.3 is 9.47 Å². The largest absolute Gasteiger partial charge is 0.339 e. The van der Waals surface area contributed by atoms with Crippen LogP contribution in [0.5, 0.6) is 0 Å². The van der Waals surface area contributed by atoms with E-state index in [2.05, 4.69) is 11.1 Å². The third kappa shape index (κ3) is 4.15. The third-order valence-corrected chi connectivity index (χ3v) is 7.92. The van der Waals surface area contributed by atoms with Crippen molar-refractivity contribution in [3.63, 3.8) is 0 Å². The number of rotatable bonds is 5. The Hall–Kier alpha value is -3.49. The number of para-hydroxylation sites is 1. The van der Waals surface area contributed by atoms with Gasteiger partial charge in [-0.2, -0.15) is 4.31 Å². The molecule has 0 N–H and O–H groups in total. The molecule has 1 fully saturated rings. The Kier molecular flexibility index (Phi) is 5.70. The lowest BCUT2D eigenvalue weighted by atomic mass is 10.1. The van der Waals surface area contributed by atoms with Crippen LogP contribution in [0.4, 0.5) is 0 Å². The van der Waals surface area contributed by atoms with Gasteiger partial charge in [0.25, 0.3) is 0 Å². The number of amides is 1. The summed E-state index contributed by atoms with van der Waals surface area (Å²) in [5.74, 6) is -0.0213. The molecule has 0 spiro atoms. The minimum absolute atomic E-state index is 0.0213. The molecule has 168 valence electrons. The van der Waals surface area contributed by atoms with Gasteiger partial charge in [-0.15, -0.1) is 0 Å². The molecular formula is C25H24N4O3S. The first kappa shape index (κ1) is 21.4. The number of piperazine rings is 1. The molecule has 3 heterocycles. The van der Waals surface area contributed by atoms with Gasteiger partial charge in [0, 0.05) is 55.2 Å². The highest BCUT2D eigenvalue weighted by Gasteiger charge is 2.30. The minimum atomic E-state index is -3.60. The number of nitrogens with zero attached hydrogens (tertiary/aromatic N) is 4. The van der Waals surface area contributed by atoms with E-state index in [0.717, 1.165) is 22.2 Å². The first-order chi connectivity index (χ1) is 16.0. The number of hydrogen-bond donors (Lipinski definition) is 0. The number of aromatic nitrogens is 2. The molecule has 8 heteroatoms. The monoisotopic (exact) mass is 460 g/mol. The van der Waals surface area contributed by atoms with Crippen LogP contribution in [0.25, 0.3) is 22.2 Å². The van der Waals surface area contributed by atoms with Crippen LogP contribution in [0, 0.1) is 0 Å². The van der Waals surface area contributed by atoms with Crippen LogP contribution in [0.3, 0.4) is 0 Å². The van der Waals surface area contributed by atoms with Crippen molar-refractivity contribution in [3.8, 4) is 11.3 Å². The molecule has 4 aromatic rings. The summed E-state index contributed by atoms with van der Waals surface area (Å²) in [5.41, 5.74) is 3.04. The van der Waals surface area contributed by atoms with Crippen LogP contribution in [-0.4, -0.2) is 59.3 Å². The molecule has 0 atom stereocenters. The molecular weight excluding hydrogens is 436 g/mol. The van der Waals surface area contributed by atoms with Crippen molar-refractivity contribution in [2.24, 2.45) is 0 Å². The number of carbonyl (C=O) groups excluding carboxylic acids is 1. The summed E-state index contributed by atoms with van der Waals surface area (Å²) < 4.78 is 29.2. The van der Waals surface area contributed by atoms with Gasteiger partial charge in [0.05, 0.1) is 0 Å². The molecule has 2 aromatic heterocycles. The van der Waals surface area contributed by atoms with E-state index in [9.17, 15) is 13.2 Å². The van der Waals surface area contributed by atoms with E-state index in [1.54, 1.807) is 23.2 Å². The maximum Gasteiger partial charge on any atom is 0.244 e. The van der Waals surface area contributed by atoms with Crippen molar-refractivity contribution >= 4 is 26.8 Å². The van der Waals surface area contributed by atoms with Gasteiger partial charge in [-0.3, -0.25) is 9.78 Å². The van der Waals surface area contributed by atoms with Crippen molar-refractivity contribution in [2.75, 3.05) is 26.2 Å². The van der Waals surface area contributed by atoms with Crippen molar-refractivity contribution in [1.82, 2.24) is 18.8 Å². The second kappa shape index (κ2) is 8.80. The minimum Gasteiger partial charge on any atom is -0.339 e. The van der Waals surface area contributed by atoms with Crippen LogP contribution in [-0.2, 0) is 21.4 Å². The first-order valence-electron chi connectivity index (χ1n) is 10.9. The Bertz CT molecular complexity index is 1380. The zero-order valence-corrected chi connectivity index (χ0v) is 18.9. The van der Waals surface area contributed by atoms with Crippen molar-refractivity contribution in [2.45, 2.75) is 11.4 Å². The summed E-state index contributed by atoms with van der Waals surface area (Å²) in [4.78, 5) is 19.1. The Morgan fingerprint density at radius 2 is 1.61 bits per heavy atom. The lowest BCUT2D eigenvalue weighted by Gasteiger charge is -2.34. The van der Waals surface area contributed by atoms with E-state index < -0.39 is 10.0 Å². The van der Waals surface area contributed by atoms with E-state index in [0.29, 0.717) is 13.1 Å². The fourth-order valence-corrected chi connectivity index (χ4v) is 5.68. The Balaban J connectivity index is 1.34. The highest BCUT2D eigenvalue weighted by Crippen LogP contribution is 2.28. The number of sulfonamides is 1. The molecule has 5 rings (SSSR count). The molecule has 1 aliphatic heterocycles. The lowest BCUT2D eigenvalue weighted by Crippen LogP contribution is -2.51. The number of carbonyl (C=O) groups is 1. The Morgan fingerprint density at radius 3 is 2.33 bits per heavy atom. The molecule has 1 amide bonds. The molecule has 0 bridgehead atoms. The van der Waals surface area contributed by atoms with E-state index >= 15 is 0 Å². The van der Waals surface area contributed by atoms with Crippen molar-refractivity contribution in [3.05, 3.63) is 85.2 Å². The Labute approximate surface area is 192 Å². The predicted molar refractivity (Wildman–Crippen MR) is 127 cm³/mol. The van der Waals surface area contributed by atoms with E-state index in [4.69, 9.17) is 0 Å². The molecule has 0 aliphatic carbocycles. The quantitative estimate of drug-likeness (QED) is 0.458. The number of hydrogen-bond acceptors (Lipinski definition) is 4. The maximum absolute atomic E-state index is 13.2. The fraction of sp³-hybridized carbons (Fsp3) is 0.200. The van der Waals surface area contributed by atoms with E-state index in [1.165, 1.54) is 10.5 Å². The van der Waals surface area contributed by atoms with E-state index in [1.807, 2.05) is 59.2 Å². The maximum atomic E-state index is 13.2. The van der Waals surface area contributed by atoms with Gasteiger partial charge in [-0.05, 0) is 29.8 Å². The Morgan fingerprint density at radius 1 is 0.879 bits per heavy atom. The smallest absolute Gasteiger partial charge is 0.244 e. The van der Waals surface area contributed by atoms with Crippen LogP contribution in [0.15, 0.2) is 90.1 Å². The highest BCUT2D eigenvalue weighted by atomic mass is 32.2. The van der Waals surface area contributed by atoms with Gasteiger partial charge in [-0.25, -0.2) is 8.42 Å². The van der Waals surface area contributed by atoms with Crippen LogP contribution >= 0.6 is 0 Å². The average molecular weight is 461 g/mol. The topological polar surface area (TPSA) is 75.5 Å². The van der Waals surface area contributed by atoms with Crippen LogP contribution < -0.4 is 0 Å². The lowest BCUT2D eigenvalue weighted by molar-refractivity contribution is -0.132. The van der Waals surface area contributed by atoms with Crippen molar-refractivity contribution in [1.29, 1.82) is 0 Å². The van der Waals surface area contributed by atoms with Crippen LogP contribution in [0.1, 0.15) is 0 Å². The van der Waals surface area contributed by atoms with Gasteiger partial charge in [0.15, 0.2) is 0 Å². The molecule has 1 saturated heterocycles. The molecule has 0 radical (unpaired) electrons. The standard InChI is InChI=1S/C25H24N4O3S/c30-25(27-13-15-28(16-14-27)33(31,32)22-10-6-12-26-18-22)19-29-23-11-5-4-9-21(23)17-24(29)20-7-2-1-3-8-20/h1-12,17-18H,13-16,19H2. The van der Waals surface area contributed by atoms with Gasteiger partial charge in [0.2, 0.25) is 15.9 Å². The average Bonchev–Trinajstić information content (AvgIpc) is 3.23. The summed E-state index contributed by atoms with van der Waals surface area (Å²) in [5, 5.41) is 1.08. The van der Waals surface area contributed by atoms with E-state index in [-0.39, 0.29) is 30.4 Å². The van der Waals surface area contributed by atoms with Gasteiger partial charge >= 0.3 is 0 Å². The molecule has 2 aromatic carbocycles. The molecule has 7 nitrogen and oxygen atoms in total. The van der Waals surface area contributed by atoms with Gasteiger partial charge in [0.1, 0.15) is 11.4 Å². The summed E-state index contributed by atoms with van der Waals surface area (Å²) in [7, 11) is -3.60. The molecule has 1 aliphatic rings. The SMILES string of the molecule is O=C(Cn1c(-c2ccccc2)cc2ccccc21)N1CCN(S(=O)(=O)c2cccnc2)CC1. The van der Waals surface area contributed by atoms with Crippen molar-refractivity contribution < 1.29 is 13.2 Å². The summed E-state index contributed by atoms with van der Waals surface area (Å²) in [6.07, 6.45) is 2.90. The second-order valence-corrected chi connectivity index (χ2v) is 9.95. The van der Waals surface area contributed by atoms with Gasteiger partial charge in [-0.1, -0.05) is 48.5 Å². The number of benzene rings is 2. The number of fused-ring (bicyclic) bond motifs is 1. The summed E-state index contributed by atoms with van der Waals surface area (Å²) in [6.45, 7) is 1.45. The summed E-state index contributed by atoms with van der Waals surface area (Å²) >= 11 is 0. The molecule has 0 saturated carbocycles. The zero-order chi connectivity index (χ0) is 22.8. The predicted octanol–water partition coefficient (Wildman–Crippen LogP) is 3.24. The first-order valence-corrected chi connectivity index (χ1v) is 12.3. The molecule has 33 heavy (non-hydrogen) atoms. The normalized spacial score (nSPS) is 15.1.